The minimum absolute atomic E-state index is 0.271. The third kappa shape index (κ3) is 10.6. The Balaban J connectivity index is 0.000000173. The maximum absolute atomic E-state index is 11.4. The van der Waals surface area contributed by atoms with Gasteiger partial charge in [-0.15, -0.1) is 5.56 Å². The molecular formula is C38H38Cl2NOSiTi-2. The summed E-state index contributed by atoms with van der Waals surface area (Å²) in [5.74, 6) is 0.00370. The van der Waals surface area contributed by atoms with Crippen LogP contribution in [0.2, 0.25) is 0 Å². The van der Waals surface area contributed by atoms with E-state index in [1.54, 1.807) is 0 Å². The molecule has 1 aliphatic rings. The van der Waals surface area contributed by atoms with Crippen LogP contribution in [0.15, 0.2) is 121 Å². The van der Waals surface area contributed by atoms with Gasteiger partial charge in [-0.1, -0.05) is 152 Å². The van der Waals surface area contributed by atoms with Crippen molar-refractivity contribution >= 4 is 44.4 Å². The van der Waals surface area contributed by atoms with Crippen LogP contribution in [0.5, 0.6) is 0 Å². The molecule has 1 N–H and O–H groups in total. The Kier molecular flexibility index (Phi) is 15.2. The van der Waals surface area contributed by atoms with Gasteiger partial charge < -0.3 is 10.5 Å². The predicted octanol–water partition coefficient (Wildman–Crippen LogP) is 9.63. The maximum Gasteiger partial charge on any atom is 0.103 e. The average molecular weight is 672 g/mol. The van der Waals surface area contributed by atoms with E-state index in [-0.39, 0.29) is 21.4 Å². The minimum atomic E-state index is -0.567. The van der Waals surface area contributed by atoms with Gasteiger partial charge >= 0.3 is 35.6 Å². The minimum Gasteiger partial charge on any atom is -0.179 e. The van der Waals surface area contributed by atoms with Crippen LogP contribution < -0.4 is 10.4 Å². The van der Waals surface area contributed by atoms with Gasteiger partial charge in [0.25, 0.3) is 0 Å². The predicted molar refractivity (Wildman–Crippen MR) is 188 cm³/mol. The summed E-state index contributed by atoms with van der Waals surface area (Å²) < 4.78 is 0. The first kappa shape index (κ1) is 35.6. The van der Waals surface area contributed by atoms with Crippen molar-refractivity contribution in [1.82, 2.24) is 0 Å². The molecule has 1 radical (unpaired) electrons. The molecular weight excluding hydrogens is 633 g/mol. The van der Waals surface area contributed by atoms with E-state index in [0.717, 1.165) is 17.5 Å². The van der Waals surface area contributed by atoms with Crippen LogP contribution >= 0.6 is 18.6 Å². The number of amides is 1. The van der Waals surface area contributed by atoms with Gasteiger partial charge in [0.2, 0.25) is 0 Å². The number of fused-ring (bicyclic) bond motifs is 3. The van der Waals surface area contributed by atoms with Gasteiger partial charge in [-0.3, -0.25) is 0 Å². The van der Waals surface area contributed by atoms with Crippen molar-refractivity contribution < 1.29 is 21.8 Å². The Bertz CT molecular complexity index is 1490. The molecule has 0 saturated carbocycles. The van der Waals surface area contributed by atoms with Crippen molar-refractivity contribution in [1.29, 1.82) is 0 Å². The molecule has 5 aromatic carbocycles. The number of carbonyl (C=O) groups is 1. The Labute approximate surface area is 282 Å². The number of carbonyl (C=O) groups excluding carboxylic acids is 1. The standard InChI is InChI=1S/C13H19NO.C13H9.C12H11Si.2ClH.Ti/c1-8(2)10-6-5-7-11(9(3)4)12(10)13(14)15;1-3-7-12-10(5-1)9-11-6-2-4-8-13(11)12;1-3-7-11(8-4-1)13-12-9-5-2-6-10-12;;;/h5-9H,1-4H3,(H2,14,15);1-5,7-8H,9H2;1-10,13H;2*1H;/q;-1;;;;+2/p-3. The molecule has 0 atom stereocenters. The summed E-state index contributed by atoms with van der Waals surface area (Å²) in [6, 6.07) is 45.3. The molecule has 0 spiro atoms. The van der Waals surface area contributed by atoms with Crippen LogP contribution in [0.25, 0.3) is 16.9 Å². The molecule has 2 nitrogen and oxygen atoms in total. The van der Waals surface area contributed by atoms with Crippen LogP contribution in [-0.4, -0.2) is 15.4 Å². The quantitative estimate of drug-likeness (QED) is 0.133. The first-order valence-corrected chi connectivity index (χ1v) is 20.1. The van der Waals surface area contributed by atoms with E-state index < -0.39 is 22.9 Å². The number of benzene rings is 5. The molecule has 225 valence electrons. The van der Waals surface area contributed by atoms with Gasteiger partial charge in [0, 0.05) is 5.56 Å². The molecule has 0 saturated heterocycles. The van der Waals surface area contributed by atoms with Gasteiger partial charge in [-0.25, -0.2) is 0 Å². The zero-order valence-electron chi connectivity index (χ0n) is 25.7. The smallest absolute Gasteiger partial charge is 0.103 e. The van der Waals surface area contributed by atoms with Gasteiger partial charge in [0.05, 0.1) is 5.91 Å². The van der Waals surface area contributed by atoms with E-state index in [1.807, 2.05) is 52.0 Å². The summed E-state index contributed by atoms with van der Waals surface area (Å²) in [6.45, 7) is 8.19. The van der Waals surface area contributed by atoms with Crippen LogP contribution in [0.1, 0.15) is 72.1 Å². The van der Waals surface area contributed by atoms with E-state index in [9.17, 15) is 4.79 Å². The number of rotatable bonds is 5. The monoisotopic (exact) mass is 670 g/mol. The number of hydrogen-bond donors (Lipinski definition) is 0. The summed E-state index contributed by atoms with van der Waals surface area (Å²) in [7, 11) is 10.0. The fourth-order valence-corrected chi connectivity index (χ4v) is 6.32. The van der Waals surface area contributed by atoms with Crippen molar-refractivity contribution in [3.63, 3.8) is 0 Å². The van der Waals surface area contributed by atoms with Crippen LogP contribution in [0, 0.1) is 6.07 Å². The molecule has 5 aromatic rings. The Morgan fingerprint density at radius 3 is 1.68 bits per heavy atom. The normalized spacial score (nSPS) is 10.6. The Hall–Kier alpha value is -2.92. The fraction of sp³-hybridized carbons (Fsp3) is 0.184. The van der Waals surface area contributed by atoms with Gasteiger partial charge in [-0.2, -0.15) is 29.8 Å². The molecule has 0 fully saturated rings. The van der Waals surface area contributed by atoms with Crippen molar-refractivity contribution in [3.8, 4) is 11.1 Å². The molecule has 1 amide bonds. The second kappa shape index (κ2) is 18.8. The summed E-state index contributed by atoms with van der Waals surface area (Å²) in [4.78, 5) is 11.4. The van der Waals surface area contributed by atoms with E-state index in [0.29, 0.717) is 5.56 Å². The third-order valence-electron chi connectivity index (χ3n) is 7.15. The largest absolute Gasteiger partial charge is 0.179 e. The average Bonchev–Trinajstić information content (AvgIpc) is 3.41. The molecule has 0 bridgehead atoms. The first-order chi connectivity index (χ1) is 21.3. The van der Waals surface area contributed by atoms with Crippen LogP contribution in [-0.2, 0) is 23.5 Å². The summed E-state index contributed by atoms with van der Waals surface area (Å²) in [5, 5.41) is 2.90. The number of hydrogen-bond acceptors (Lipinski definition) is 1. The summed E-state index contributed by atoms with van der Waals surface area (Å²) >= 11 is -0.556. The van der Waals surface area contributed by atoms with E-state index >= 15 is 0 Å². The van der Waals surface area contributed by atoms with Crippen LogP contribution in [0.4, 0.5) is 0 Å². The van der Waals surface area contributed by atoms with Gasteiger partial charge in [0.15, 0.2) is 0 Å². The molecule has 44 heavy (non-hydrogen) atoms. The van der Waals surface area contributed by atoms with Crippen LogP contribution in [0.3, 0.4) is 0 Å². The third-order valence-corrected chi connectivity index (χ3v) is 8.59. The zero-order chi connectivity index (χ0) is 31.9. The van der Waals surface area contributed by atoms with E-state index in [4.69, 9.17) is 24.3 Å². The molecule has 6 heteroatoms. The van der Waals surface area contributed by atoms with Gasteiger partial charge in [0.1, 0.15) is 9.52 Å². The van der Waals surface area contributed by atoms with Gasteiger partial charge in [-0.05, 0) is 29.4 Å². The van der Waals surface area contributed by atoms with E-state index in [2.05, 4.69) is 103 Å². The zero-order valence-corrected chi connectivity index (χ0v) is 29.9. The Morgan fingerprint density at radius 2 is 1.18 bits per heavy atom. The molecule has 0 heterocycles. The first-order valence-electron chi connectivity index (χ1n) is 14.6. The second-order valence-electron chi connectivity index (χ2n) is 10.9. The van der Waals surface area contributed by atoms with Crippen molar-refractivity contribution in [2.24, 2.45) is 0 Å². The molecule has 0 aromatic heterocycles. The second-order valence-corrected chi connectivity index (χ2v) is 15.1. The summed E-state index contributed by atoms with van der Waals surface area (Å²) in [5.41, 5.74) is 15.4. The number of nitrogens with one attached hydrogen (secondary N) is 1. The SMILES string of the molecule is CC(C)c1cccc(C(C)C)c1C([NH-])=O.[Cl][Ti][Cl].[c-]1cccc2c1Cc1ccccc1-2.c1ccc([SiH]c2ccccc2)cc1. The van der Waals surface area contributed by atoms with Crippen molar-refractivity contribution in [2.75, 3.05) is 0 Å². The van der Waals surface area contributed by atoms with Crippen molar-refractivity contribution in [2.45, 2.75) is 46.0 Å². The Morgan fingerprint density at radius 1 is 0.705 bits per heavy atom. The van der Waals surface area contributed by atoms with E-state index in [1.165, 1.54) is 32.6 Å². The maximum atomic E-state index is 11.4. The molecule has 6 rings (SSSR count). The topological polar surface area (TPSA) is 40.9 Å². The summed E-state index contributed by atoms with van der Waals surface area (Å²) in [6.07, 6.45) is 1.05. The molecule has 0 unspecified atom stereocenters. The number of halogens is 2. The molecule has 1 aliphatic carbocycles. The molecule has 0 aliphatic heterocycles. The van der Waals surface area contributed by atoms with Crippen molar-refractivity contribution in [3.05, 3.63) is 161 Å². The fourth-order valence-electron chi connectivity index (χ4n) is 5.10.